The van der Waals surface area contributed by atoms with Crippen LogP contribution in [0.15, 0.2) is 24.3 Å². The molecule has 0 spiro atoms. The third-order valence-corrected chi connectivity index (χ3v) is 7.06. The number of hydrogen-bond donors (Lipinski definition) is 1. The molecule has 3 heteroatoms. The van der Waals surface area contributed by atoms with Crippen molar-refractivity contribution in [2.24, 2.45) is 5.92 Å². The van der Waals surface area contributed by atoms with Crippen LogP contribution in [-0.4, -0.2) is 38.6 Å². The molecule has 0 radical (unpaired) electrons. The second-order valence-electron chi connectivity index (χ2n) is 7.55. The minimum atomic E-state index is -1.15. The molecule has 1 aromatic carbocycles. The first kappa shape index (κ1) is 14.3. The molecule has 110 valence electrons. The third-order valence-electron chi connectivity index (χ3n) is 5.00. The van der Waals surface area contributed by atoms with E-state index in [4.69, 9.17) is 0 Å². The van der Waals surface area contributed by atoms with Crippen molar-refractivity contribution < 1.29 is 0 Å². The van der Waals surface area contributed by atoms with Crippen molar-refractivity contribution in [1.29, 1.82) is 0 Å². The monoisotopic (exact) mass is 288 g/mol. The molecule has 2 fully saturated rings. The fraction of sp³-hybridized carbons (Fsp3) is 0.647. The quantitative estimate of drug-likeness (QED) is 0.859. The second kappa shape index (κ2) is 5.62. The number of likely N-dealkylation sites (tertiary alicyclic amines) is 1. The molecule has 2 heterocycles. The minimum Gasteiger partial charge on any atom is -0.315 e. The molecular weight excluding hydrogens is 260 g/mol. The van der Waals surface area contributed by atoms with Gasteiger partial charge in [-0.25, -0.2) is 0 Å². The minimum absolute atomic E-state index is 0.778. The Kier molecular flexibility index (Phi) is 4.02. The first-order valence-electron chi connectivity index (χ1n) is 8.08. The molecule has 20 heavy (non-hydrogen) atoms. The highest BCUT2D eigenvalue weighted by molar-refractivity contribution is 6.88. The van der Waals surface area contributed by atoms with Crippen LogP contribution in [0, 0.1) is 5.92 Å². The number of hydrogen-bond acceptors (Lipinski definition) is 2. The lowest BCUT2D eigenvalue weighted by molar-refractivity contribution is 0.117. The summed E-state index contributed by atoms with van der Waals surface area (Å²) in [6, 6.07) is 10.2. The van der Waals surface area contributed by atoms with Gasteiger partial charge in [0.2, 0.25) is 0 Å². The lowest BCUT2D eigenvalue weighted by Crippen LogP contribution is -2.44. The van der Waals surface area contributed by atoms with E-state index in [0.717, 1.165) is 18.5 Å². The van der Waals surface area contributed by atoms with E-state index in [9.17, 15) is 0 Å². The molecule has 0 amide bonds. The standard InChI is InChI=1S/C17H28N2Si/c1-20(2,3)16-8-6-14(7-9-16)13-19-10-4-5-15-11-18-12-17(15)19/h6-9,15,17-18H,4-5,10-13H2,1-3H3. The summed E-state index contributed by atoms with van der Waals surface area (Å²) in [4.78, 5) is 2.71. The van der Waals surface area contributed by atoms with Crippen LogP contribution in [0.3, 0.4) is 0 Å². The summed E-state index contributed by atoms with van der Waals surface area (Å²) in [7, 11) is -1.15. The Morgan fingerprint density at radius 2 is 1.90 bits per heavy atom. The molecule has 2 aliphatic rings. The van der Waals surface area contributed by atoms with Crippen LogP contribution in [0.5, 0.6) is 0 Å². The van der Waals surface area contributed by atoms with E-state index in [0.29, 0.717) is 0 Å². The molecule has 0 aliphatic carbocycles. The summed E-state index contributed by atoms with van der Waals surface area (Å²) in [6.07, 6.45) is 2.79. The highest BCUT2D eigenvalue weighted by atomic mass is 28.3. The van der Waals surface area contributed by atoms with Gasteiger partial charge in [0.25, 0.3) is 0 Å². The average Bonchev–Trinajstić information content (AvgIpc) is 2.88. The second-order valence-corrected chi connectivity index (χ2v) is 12.6. The Hall–Kier alpha value is -0.643. The first-order valence-corrected chi connectivity index (χ1v) is 11.6. The van der Waals surface area contributed by atoms with E-state index in [-0.39, 0.29) is 0 Å². The Morgan fingerprint density at radius 1 is 1.15 bits per heavy atom. The molecule has 2 unspecified atom stereocenters. The fourth-order valence-corrected chi connectivity index (χ4v) is 4.87. The third kappa shape index (κ3) is 3.00. The van der Waals surface area contributed by atoms with E-state index in [1.807, 2.05) is 0 Å². The maximum absolute atomic E-state index is 3.57. The van der Waals surface area contributed by atoms with Crippen molar-refractivity contribution in [2.75, 3.05) is 19.6 Å². The molecule has 0 aromatic heterocycles. The molecule has 2 atom stereocenters. The van der Waals surface area contributed by atoms with E-state index in [2.05, 4.69) is 54.1 Å². The molecule has 3 rings (SSSR count). The van der Waals surface area contributed by atoms with E-state index in [1.54, 1.807) is 5.19 Å². The molecule has 2 saturated heterocycles. The predicted octanol–water partition coefficient (Wildman–Crippen LogP) is 2.42. The van der Waals surface area contributed by atoms with Crippen molar-refractivity contribution in [3.63, 3.8) is 0 Å². The van der Waals surface area contributed by atoms with Crippen LogP contribution in [0.1, 0.15) is 18.4 Å². The smallest absolute Gasteiger partial charge is 0.0775 e. The van der Waals surface area contributed by atoms with Crippen molar-refractivity contribution in [1.82, 2.24) is 10.2 Å². The molecule has 0 bridgehead atoms. The van der Waals surface area contributed by atoms with Crippen LogP contribution in [0.2, 0.25) is 19.6 Å². The summed E-state index contributed by atoms with van der Waals surface area (Å²) in [5.41, 5.74) is 1.49. The summed E-state index contributed by atoms with van der Waals surface area (Å²) < 4.78 is 0. The van der Waals surface area contributed by atoms with Crippen molar-refractivity contribution in [3.05, 3.63) is 29.8 Å². The van der Waals surface area contributed by atoms with Crippen molar-refractivity contribution in [2.45, 2.75) is 45.1 Å². The van der Waals surface area contributed by atoms with E-state index >= 15 is 0 Å². The largest absolute Gasteiger partial charge is 0.315 e. The molecule has 0 saturated carbocycles. The summed E-state index contributed by atoms with van der Waals surface area (Å²) >= 11 is 0. The Morgan fingerprint density at radius 3 is 2.60 bits per heavy atom. The number of rotatable bonds is 3. The summed E-state index contributed by atoms with van der Waals surface area (Å²) in [5, 5.41) is 5.14. The van der Waals surface area contributed by atoms with Gasteiger partial charge >= 0.3 is 0 Å². The number of piperidine rings is 1. The lowest BCUT2D eigenvalue weighted by atomic mass is 9.92. The highest BCUT2D eigenvalue weighted by Crippen LogP contribution is 2.27. The maximum Gasteiger partial charge on any atom is 0.0775 e. The van der Waals surface area contributed by atoms with Gasteiger partial charge in [-0.1, -0.05) is 49.1 Å². The normalized spacial score (nSPS) is 27.6. The first-order chi connectivity index (χ1) is 9.54. The molecule has 1 N–H and O–H groups in total. The van der Waals surface area contributed by atoms with Gasteiger partial charge in [0.15, 0.2) is 0 Å². The topological polar surface area (TPSA) is 15.3 Å². The molecule has 2 aliphatic heterocycles. The maximum atomic E-state index is 3.57. The van der Waals surface area contributed by atoms with Gasteiger partial charge < -0.3 is 5.32 Å². The number of nitrogens with zero attached hydrogens (tertiary/aromatic N) is 1. The zero-order valence-corrected chi connectivity index (χ0v) is 14.2. The number of nitrogens with one attached hydrogen (secondary N) is 1. The van der Waals surface area contributed by atoms with Crippen LogP contribution in [-0.2, 0) is 6.54 Å². The molecule has 2 nitrogen and oxygen atoms in total. The average molecular weight is 289 g/mol. The van der Waals surface area contributed by atoms with Crippen LogP contribution in [0.4, 0.5) is 0 Å². The molecule has 1 aromatic rings. The zero-order valence-electron chi connectivity index (χ0n) is 13.2. The van der Waals surface area contributed by atoms with Crippen molar-refractivity contribution in [3.8, 4) is 0 Å². The van der Waals surface area contributed by atoms with Gasteiger partial charge in [-0.15, -0.1) is 0 Å². The van der Waals surface area contributed by atoms with Gasteiger partial charge in [0.05, 0.1) is 8.07 Å². The zero-order chi connectivity index (χ0) is 14.2. The molecular formula is C17H28N2Si. The highest BCUT2D eigenvalue weighted by Gasteiger charge is 2.34. The van der Waals surface area contributed by atoms with Gasteiger partial charge in [-0.3, -0.25) is 4.90 Å². The van der Waals surface area contributed by atoms with E-state index in [1.165, 1.54) is 38.0 Å². The fourth-order valence-electron chi connectivity index (χ4n) is 3.70. The lowest BCUT2D eigenvalue weighted by Gasteiger charge is -2.37. The van der Waals surface area contributed by atoms with Crippen LogP contribution >= 0.6 is 0 Å². The van der Waals surface area contributed by atoms with Crippen LogP contribution < -0.4 is 10.5 Å². The summed E-state index contributed by atoms with van der Waals surface area (Å²) in [6.45, 7) is 12.1. The predicted molar refractivity (Wildman–Crippen MR) is 89.2 cm³/mol. The van der Waals surface area contributed by atoms with Crippen LogP contribution in [0.25, 0.3) is 0 Å². The number of benzene rings is 1. The summed E-state index contributed by atoms with van der Waals surface area (Å²) in [5.74, 6) is 0.894. The number of fused-ring (bicyclic) bond motifs is 1. The van der Waals surface area contributed by atoms with Gasteiger partial charge in [0.1, 0.15) is 0 Å². The Balaban J connectivity index is 1.68. The van der Waals surface area contributed by atoms with Gasteiger partial charge in [-0.2, -0.15) is 0 Å². The van der Waals surface area contributed by atoms with Gasteiger partial charge in [0, 0.05) is 19.1 Å². The van der Waals surface area contributed by atoms with Crippen molar-refractivity contribution >= 4 is 13.3 Å². The Bertz CT molecular complexity index is 449. The SMILES string of the molecule is C[Si](C)(C)c1ccc(CN2CCCC3CNCC32)cc1. The van der Waals surface area contributed by atoms with Gasteiger partial charge in [-0.05, 0) is 37.4 Å². The van der Waals surface area contributed by atoms with E-state index < -0.39 is 8.07 Å². The Labute approximate surface area is 124 Å².